The van der Waals surface area contributed by atoms with E-state index in [9.17, 15) is 4.79 Å². The summed E-state index contributed by atoms with van der Waals surface area (Å²) in [4.78, 5) is 12.0. The van der Waals surface area contributed by atoms with Gasteiger partial charge in [-0.25, -0.2) is 4.79 Å². The van der Waals surface area contributed by atoms with Gasteiger partial charge in [-0.3, -0.25) is 0 Å². The monoisotopic (exact) mass is 341 g/mol. The van der Waals surface area contributed by atoms with E-state index in [4.69, 9.17) is 14.6 Å². The van der Waals surface area contributed by atoms with Gasteiger partial charge in [0.1, 0.15) is 11.5 Å². The number of ether oxygens (including phenoxy) is 2. The van der Waals surface area contributed by atoms with Crippen LogP contribution >= 0.6 is 0 Å². The molecule has 2 aromatic carbocycles. The highest BCUT2D eigenvalue weighted by Gasteiger charge is 2.08. The lowest BCUT2D eigenvalue weighted by molar-refractivity contribution is 0.0734. The minimum atomic E-state index is -0.406. The second-order valence-corrected chi connectivity index (χ2v) is 5.83. The molecule has 25 heavy (non-hydrogen) atoms. The van der Waals surface area contributed by atoms with Crippen LogP contribution in [0.25, 0.3) is 0 Å². The van der Waals surface area contributed by atoms with Crippen molar-refractivity contribution in [2.75, 3.05) is 13.2 Å². The Balaban J connectivity index is 1.66. The van der Waals surface area contributed by atoms with Crippen molar-refractivity contribution in [2.24, 2.45) is 0 Å². The van der Waals surface area contributed by atoms with Crippen LogP contribution < -0.4 is 9.47 Å². The summed E-state index contributed by atoms with van der Waals surface area (Å²) in [5.41, 5.74) is 0.480. The standard InChI is InChI=1S/C21H25O4/c22-16-8-3-1-2-4-9-17-24-19-14-12-18(13-15-19)21(23)25-20-10-6-5-7-11-20/h5-7,10,12-15,22H,1-4,8-9,16-17H2. The SMILES string of the molecule is O=C(Oc1[c]cccc1)c1ccc(OCCCCCCCCO)cc1. The molecule has 0 aliphatic carbocycles. The molecule has 0 saturated carbocycles. The van der Waals surface area contributed by atoms with E-state index < -0.39 is 5.97 Å². The fourth-order valence-electron chi connectivity index (χ4n) is 2.40. The van der Waals surface area contributed by atoms with Gasteiger partial charge in [-0.1, -0.05) is 43.9 Å². The van der Waals surface area contributed by atoms with E-state index in [1.54, 1.807) is 42.5 Å². The quantitative estimate of drug-likeness (QED) is 0.373. The highest BCUT2D eigenvalue weighted by molar-refractivity contribution is 5.91. The van der Waals surface area contributed by atoms with Crippen LogP contribution in [0.4, 0.5) is 0 Å². The first-order valence-corrected chi connectivity index (χ1v) is 8.82. The second kappa shape index (κ2) is 11.3. The second-order valence-electron chi connectivity index (χ2n) is 5.83. The van der Waals surface area contributed by atoms with Gasteiger partial charge in [0.2, 0.25) is 0 Å². The Hall–Kier alpha value is -2.33. The van der Waals surface area contributed by atoms with Gasteiger partial charge >= 0.3 is 5.97 Å². The molecule has 0 spiro atoms. The lowest BCUT2D eigenvalue weighted by Crippen LogP contribution is -2.08. The van der Waals surface area contributed by atoms with E-state index in [-0.39, 0.29) is 6.61 Å². The number of unbranched alkanes of at least 4 members (excludes halogenated alkanes) is 5. The lowest BCUT2D eigenvalue weighted by atomic mass is 10.1. The first-order valence-electron chi connectivity index (χ1n) is 8.82. The zero-order chi connectivity index (χ0) is 17.7. The number of aliphatic hydroxyl groups excluding tert-OH is 1. The summed E-state index contributed by atoms with van der Waals surface area (Å²) in [6, 6.07) is 16.8. The highest BCUT2D eigenvalue weighted by Crippen LogP contribution is 2.16. The lowest BCUT2D eigenvalue weighted by Gasteiger charge is -2.07. The maximum atomic E-state index is 12.0. The van der Waals surface area contributed by atoms with Gasteiger partial charge < -0.3 is 14.6 Å². The number of hydrogen-bond acceptors (Lipinski definition) is 4. The third-order valence-electron chi connectivity index (χ3n) is 3.79. The molecule has 1 radical (unpaired) electrons. The highest BCUT2D eigenvalue weighted by atomic mass is 16.5. The average Bonchev–Trinajstić information content (AvgIpc) is 2.65. The maximum absolute atomic E-state index is 12.0. The number of benzene rings is 2. The van der Waals surface area contributed by atoms with Crippen LogP contribution in [0.1, 0.15) is 48.9 Å². The predicted molar refractivity (Wildman–Crippen MR) is 97.0 cm³/mol. The number of esters is 1. The summed E-state index contributed by atoms with van der Waals surface area (Å²) in [6.07, 6.45) is 6.46. The molecule has 4 heteroatoms. The molecule has 0 aromatic heterocycles. The van der Waals surface area contributed by atoms with Gasteiger partial charge in [0.05, 0.1) is 12.2 Å². The van der Waals surface area contributed by atoms with Crippen LogP contribution in [-0.2, 0) is 0 Å². The molecule has 0 atom stereocenters. The van der Waals surface area contributed by atoms with Gasteiger partial charge in [0, 0.05) is 12.7 Å². The van der Waals surface area contributed by atoms with Gasteiger partial charge in [0.25, 0.3) is 0 Å². The van der Waals surface area contributed by atoms with E-state index in [0.29, 0.717) is 17.9 Å². The van der Waals surface area contributed by atoms with Gasteiger partial charge in [-0.15, -0.1) is 0 Å². The Morgan fingerprint density at radius 2 is 1.64 bits per heavy atom. The summed E-state index contributed by atoms with van der Waals surface area (Å²) in [5.74, 6) is 0.756. The molecule has 0 aliphatic rings. The van der Waals surface area contributed by atoms with Crippen LogP contribution in [0.15, 0.2) is 48.5 Å². The molecule has 0 bridgehead atoms. The molecule has 133 valence electrons. The largest absolute Gasteiger partial charge is 0.494 e. The van der Waals surface area contributed by atoms with Crippen molar-refractivity contribution >= 4 is 5.97 Å². The summed E-state index contributed by atoms with van der Waals surface area (Å²) >= 11 is 0. The molecule has 0 fully saturated rings. The van der Waals surface area contributed by atoms with Crippen LogP contribution in [0.2, 0.25) is 0 Å². The van der Waals surface area contributed by atoms with Crippen molar-refractivity contribution in [3.8, 4) is 11.5 Å². The Morgan fingerprint density at radius 3 is 2.32 bits per heavy atom. The van der Waals surface area contributed by atoms with Crippen LogP contribution in [0.5, 0.6) is 11.5 Å². The van der Waals surface area contributed by atoms with E-state index in [1.807, 2.05) is 6.07 Å². The maximum Gasteiger partial charge on any atom is 0.343 e. The van der Waals surface area contributed by atoms with Gasteiger partial charge in [-0.2, -0.15) is 0 Å². The molecule has 1 N–H and O–H groups in total. The van der Waals surface area contributed by atoms with Gasteiger partial charge in [0.15, 0.2) is 0 Å². The van der Waals surface area contributed by atoms with Crippen LogP contribution in [0, 0.1) is 6.07 Å². The minimum absolute atomic E-state index is 0.288. The average molecular weight is 341 g/mol. The van der Waals surface area contributed by atoms with E-state index in [0.717, 1.165) is 37.9 Å². The molecule has 0 heterocycles. The molecule has 0 aliphatic heterocycles. The first kappa shape index (κ1) is 19.0. The number of aliphatic hydroxyl groups is 1. The Kier molecular flexibility index (Phi) is 8.56. The number of para-hydroxylation sites is 1. The predicted octanol–water partition coefficient (Wildman–Crippen LogP) is 4.42. The molecule has 4 nitrogen and oxygen atoms in total. The van der Waals surface area contributed by atoms with E-state index in [1.165, 1.54) is 6.42 Å². The van der Waals surface area contributed by atoms with E-state index in [2.05, 4.69) is 6.07 Å². The number of carbonyl (C=O) groups excluding carboxylic acids is 1. The molecular formula is C21H25O4. The number of hydrogen-bond donors (Lipinski definition) is 1. The summed E-state index contributed by atoms with van der Waals surface area (Å²) in [7, 11) is 0. The fourth-order valence-corrected chi connectivity index (χ4v) is 2.40. The third kappa shape index (κ3) is 7.40. The number of rotatable bonds is 11. The van der Waals surface area contributed by atoms with Crippen LogP contribution in [0.3, 0.4) is 0 Å². The van der Waals surface area contributed by atoms with Crippen molar-refractivity contribution in [1.82, 2.24) is 0 Å². The molecule has 0 unspecified atom stereocenters. The number of carbonyl (C=O) groups is 1. The zero-order valence-electron chi connectivity index (χ0n) is 14.4. The zero-order valence-corrected chi connectivity index (χ0v) is 14.4. The van der Waals surface area contributed by atoms with Crippen molar-refractivity contribution < 1.29 is 19.4 Å². The molecule has 0 saturated heterocycles. The Labute approximate surface area is 149 Å². The molecule has 2 aromatic rings. The topological polar surface area (TPSA) is 55.8 Å². The summed E-state index contributed by atoms with van der Waals surface area (Å²) < 4.78 is 10.9. The summed E-state index contributed by atoms with van der Waals surface area (Å²) in [6.45, 7) is 0.957. The van der Waals surface area contributed by atoms with Crippen LogP contribution in [-0.4, -0.2) is 24.3 Å². The molecular weight excluding hydrogens is 316 g/mol. The Bertz CT molecular complexity index is 608. The molecule has 2 rings (SSSR count). The molecule has 0 amide bonds. The van der Waals surface area contributed by atoms with Crippen molar-refractivity contribution in [2.45, 2.75) is 38.5 Å². The van der Waals surface area contributed by atoms with Crippen molar-refractivity contribution in [3.63, 3.8) is 0 Å². The normalized spacial score (nSPS) is 10.4. The fraction of sp³-hybridized carbons (Fsp3) is 0.381. The van der Waals surface area contributed by atoms with E-state index >= 15 is 0 Å². The third-order valence-corrected chi connectivity index (χ3v) is 3.79. The first-order chi connectivity index (χ1) is 12.3. The summed E-state index contributed by atoms with van der Waals surface area (Å²) in [5, 5.41) is 8.71. The minimum Gasteiger partial charge on any atom is -0.494 e. The van der Waals surface area contributed by atoms with Crippen molar-refractivity contribution in [1.29, 1.82) is 0 Å². The Morgan fingerprint density at radius 1 is 0.920 bits per heavy atom. The van der Waals surface area contributed by atoms with Gasteiger partial charge in [-0.05, 0) is 43.2 Å². The smallest absolute Gasteiger partial charge is 0.343 e. The van der Waals surface area contributed by atoms with Crippen molar-refractivity contribution in [3.05, 3.63) is 60.2 Å².